The summed E-state index contributed by atoms with van der Waals surface area (Å²) in [4.78, 5) is 11.0. The highest BCUT2D eigenvalue weighted by molar-refractivity contribution is 5.72. The number of phenolic OH excluding ortho intramolecular Hbond substituents is 1. The number of aromatic hydroxyl groups is 1. The molecule has 0 aromatic heterocycles. The Hall–Kier alpha value is -1.58. The predicted molar refractivity (Wildman–Crippen MR) is 48.4 cm³/mol. The third-order valence-corrected chi connectivity index (χ3v) is 1.67. The highest BCUT2D eigenvalue weighted by Crippen LogP contribution is 2.16. The summed E-state index contributed by atoms with van der Waals surface area (Å²) >= 11 is 0. The van der Waals surface area contributed by atoms with Gasteiger partial charge in [0.2, 0.25) is 0 Å². The van der Waals surface area contributed by atoms with Crippen molar-refractivity contribution in [3.05, 3.63) is 29.6 Å². The zero-order chi connectivity index (χ0) is 10.6. The van der Waals surface area contributed by atoms with Crippen molar-refractivity contribution >= 4 is 5.97 Å². The van der Waals surface area contributed by atoms with Crippen LogP contribution in [0.2, 0.25) is 0 Å². The molecule has 0 aliphatic carbocycles. The number of rotatable bonds is 3. The standard InChI is InChI=1S/C10H11FO3/c1-2-14-10(13)6-7-3-4-9(12)8(11)5-7/h3-5,12H,2,6H2,1H3. The molecule has 0 saturated carbocycles. The Morgan fingerprint density at radius 1 is 1.57 bits per heavy atom. The van der Waals surface area contributed by atoms with Crippen LogP contribution >= 0.6 is 0 Å². The average molecular weight is 198 g/mol. The first-order valence-electron chi connectivity index (χ1n) is 4.26. The first-order valence-corrected chi connectivity index (χ1v) is 4.26. The van der Waals surface area contributed by atoms with E-state index in [2.05, 4.69) is 0 Å². The number of carbonyl (C=O) groups excluding carboxylic acids is 1. The van der Waals surface area contributed by atoms with E-state index < -0.39 is 17.5 Å². The Balaban J connectivity index is 2.68. The molecule has 0 atom stereocenters. The maximum absolute atomic E-state index is 12.8. The molecule has 1 aromatic carbocycles. The molecule has 0 radical (unpaired) electrons. The lowest BCUT2D eigenvalue weighted by atomic mass is 10.1. The topological polar surface area (TPSA) is 46.5 Å². The molecule has 0 fully saturated rings. The molecule has 1 N–H and O–H groups in total. The lowest BCUT2D eigenvalue weighted by molar-refractivity contribution is -0.142. The Kier molecular flexibility index (Phi) is 3.45. The third-order valence-electron chi connectivity index (χ3n) is 1.67. The quantitative estimate of drug-likeness (QED) is 0.751. The average Bonchev–Trinajstić information content (AvgIpc) is 2.12. The smallest absolute Gasteiger partial charge is 0.310 e. The number of carbonyl (C=O) groups is 1. The van der Waals surface area contributed by atoms with Crippen LogP contribution in [-0.2, 0) is 16.0 Å². The van der Waals surface area contributed by atoms with Crippen molar-refractivity contribution in [2.45, 2.75) is 13.3 Å². The lowest BCUT2D eigenvalue weighted by Gasteiger charge is -2.02. The van der Waals surface area contributed by atoms with E-state index in [1.165, 1.54) is 12.1 Å². The van der Waals surface area contributed by atoms with Gasteiger partial charge in [-0.15, -0.1) is 0 Å². The van der Waals surface area contributed by atoms with Gasteiger partial charge >= 0.3 is 5.97 Å². The summed E-state index contributed by atoms with van der Waals surface area (Å²) in [6.07, 6.45) is 0.0189. The predicted octanol–water partition coefficient (Wildman–Crippen LogP) is 1.64. The highest BCUT2D eigenvalue weighted by Gasteiger charge is 2.06. The summed E-state index contributed by atoms with van der Waals surface area (Å²) in [5.41, 5.74) is 0.485. The Morgan fingerprint density at radius 3 is 2.86 bits per heavy atom. The van der Waals surface area contributed by atoms with Crippen molar-refractivity contribution in [1.82, 2.24) is 0 Å². The molecule has 1 aromatic rings. The summed E-state index contributed by atoms with van der Waals surface area (Å²) in [5, 5.41) is 8.89. The summed E-state index contributed by atoms with van der Waals surface area (Å²) in [7, 11) is 0. The van der Waals surface area contributed by atoms with E-state index in [-0.39, 0.29) is 6.42 Å². The molecule has 76 valence electrons. The first kappa shape index (κ1) is 10.5. The van der Waals surface area contributed by atoms with Crippen LogP contribution in [-0.4, -0.2) is 17.7 Å². The van der Waals surface area contributed by atoms with E-state index >= 15 is 0 Å². The van der Waals surface area contributed by atoms with Gasteiger partial charge in [-0.2, -0.15) is 0 Å². The molecule has 0 spiro atoms. The van der Waals surface area contributed by atoms with E-state index in [1.807, 2.05) is 0 Å². The monoisotopic (exact) mass is 198 g/mol. The zero-order valence-corrected chi connectivity index (χ0v) is 7.79. The van der Waals surface area contributed by atoms with Crippen molar-refractivity contribution in [2.75, 3.05) is 6.61 Å². The molecule has 0 aliphatic heterocycles. The summed E-state index contributed by atoms with van der Waals surface area (Å²) in [5.74, 6) is -1.55. The van der Waals surface area contributed by atoms with Crippen LogP contribution in [0.3, 0.4) is 0 Å². The fourth-order valence-electron chi connectivity index (χ4n) is 1.04. The Labute approximate surface area is 81.1 Å². The van der Waals surface area contributed by atoms with Crippen molar-refractivity contribution in [2.24, 2.45) is 0 Å². The second-order valence-corrected chi connectivity index (χ2v) is 2.77. The van der Waals surface area contributed by atoms with Gasteiger partial charge in [-0.3, -0.25) is 4.79 Å². The molecule has 0 saturated heterocycles. The summed E-state index contributed by atoms with van der Waals surface area (Å²) < 4.78 is 17.5. The first-order chi connectivity index (χ1) is 6.63. The van der Waals surface area contributed by atoms with Crippen LogP contribution in [0.1, 0.15) is 12.5 Å². The molecular formula is C10H11FO3. The SMILES string of the molecule is CCOC(=O)Cc1ccc(O)c(F)c1. The van der Waals surface area contributed by atoms with Gasteiger partial charge in [0.25, 0.3) is 0 Å². The maximum Gasteiger partial charge on any atom is 0.310 e. The minimum Gasteiger partial charge on any atom is -0.505 e. The molecule has 0 aliphatic rings. The minimum absolute atomic E-state index is 0.0189. The van der Waals surface area contributed by atoms with Crippen LogP contribution < -0.4 is 0 Å². The van der Waals surface area contributed by atoms with Crippen LogP contribution in [0.5, 0.6) is 5.75 Å². The van der Waals surface area contributed by atoms with E-state index in [0.29, 0.717) is 12.2 Å². The molecule has 3 nitrogen and oxygen atoms in total. The summed E-state index contributed by atoms with van der Waals surface area (Å²) in [6, 6.07) is 3.81. The number of ether oxygens (including phenoxy) is 1. The third kappa shape index (κ3) is 2.73. The fourth-order valence-corrected chi connectivity index (χ4v) is 1.04. The van der Waals surface area contributed by atoms with Crippen molar-refractivity contribution in [1.29, 1.82) is 0 Å². The van der Waals surface area contributed by atoms with Gasteiger partial charge in [0.05, 0.1) is 13.0 Å². The van der Waals surface area contributed by atoms with Gasteiger partial charge in [0, 0.05) is 0 Å². The van der Waals surface area contributed by atoms with E-state index in [9.17, 15) is 9.18 Å². The van der Waals surface area contributed by atoms with Crippen molar-refractivity contribution in [3.8, 4) is 5.75 Å². The molecule has 1 rings (SSSR count). The van der Waals surface area contributed by atoms with E-state index in [0.717, 1.165) is 6.07 Å². The number of phenols is 1. The number of halogens is 1. The molecule has 0 unspecified atom stereocenters. The molecule has 0 amide bonds. The molecule has 4 heteroatoms. The van der Waals surface area contributed by atoms with Gasteiger partial charge < -0.3 is 9.84 Å². The second kappa shape index (κ2) is 4.60. The maximum atomic E-state index is 12.8. The van der Waals surface area contributed by atoms with Crippen LogP contribution in [0.25, 0.3) is 0 Å². The minimum atomic E-state index is -0.730. The van der Waals surface area contributed by atoms with Crippen LogP contribution in [0.4, 0.5) is 4.39 Å². The number of hydrogen-bond acceptors (Lipinski definition) is 3. The van der Waals surface area contributed by atoms with Gasteiger partial charge in [-0.1, -0.05) is 6.07 Å². The molecular weight excluding hydrogens is 187 g/mol. The van der Waals surface area contributed by atoms with Crippen molar-refractivity contribution < 1.29 is 19.0 Å². The normalized spacial score (nSPS) is 9.86. The number of benzene rings is 1. The van der Waals surface area contributed by atoms with Crippen molar-refractivity contribution in [3.63, 3.8) is 0 Å². The molecule has 14 heavy (non-hydrogen) atoms. The number of esters is 1. The summed E-state index contributed by atoms with van der Waals surface area (Å²) in [6.45, 7) is 2.01. The molecule has 0 bridgehead atoms. The van der Waals surface area contributed by atoms with Gasteiger partial charge in [0.15, 0.2) is 11.6 Å². The molecule has 0 heterocycles. The van der Waals surface area contributed by atoms with Gasteiger partial charge in [-0.05, 0) is 24.6 Å². The largest absolute Gasteiger partial charge is 0.505 e. The highest BCUT2D eigenvalue weighted by atomic mass is 19.1. The van der Waals surface area contributed by atoms with Gasteiger partial charge in [-0.25, -0.2) is 4.39 Å². The van der Waals surface area contributed by atoms with E-state index in [1.54, 1.807) is 6.92 Å². The number of hydrogen-bond donors (Lipinski definition) is 1. The second-order valence-electron chi connectivity index (χ2n) is 2.77. The lowest BCUT2D eigenvalue weighted by Crippen LogP contribution is -2.07. The Bertz CT molecular complexity index is 336. The Morgan fingerprint density at radius 2 is 2.29 bits per heavy atom. The fraction of sp³-hybridized carbons (Fsp3) is 0.300. The van der Waals surface area contributed by atoms with Crippen LogP contribution in [0, 0.1) is 5.82 Å². The van der Waals surface area contributed by atoms with Crippen LogP contribution in [0.15, 0.2) is 18.2 Å². The zero-order valence-electron chi connectivity index (χ0n) is 7.79. The van der Waals surface area contributed by atoms with E-state index in [4.69, 9.17) is 9.84 Å². The van der Waals surface area contributed by atoms with Gasteiger partial charge in [0.1, 0.15) is 0 Å².